The molecule has 1 aromatic heterocycles. The molecule has 2 aliphatic rings. The lowest BCUT2D eigenvalue weighted by Crippen LogP contribution is -2.61. The van der Waals surface area contributed by atoms with Crippen LogP contribution in [0.15, 0.2) is 18.3 Å². The second kappa shape index (κ2) is 6.42. The van der Waals surface area contributed by atoms with Gasteiger partial charge in [0.2, 0.25) is 5.91 Å². The first kappa shape index (κ1) is 15.6. The van der Waals surface area contributed by atoms with Crippen molar-refractivity contribution in [3.63, 3.8) is 0 Å². The molecule has 1 amide bonds. The number of hydrogen-bond acceptors (Lipinski definition) is 5. The minimum absolute atomic E-state index is 0.0354. The van der Waals surface area contributed by atoms with Crippen LogP contribution in [0.25, 0.3) is 0 Å². The molecule has 0 saturated carbocycles. The summed E-state index contributed by atoms with van der Waals surface area (Å²) in [5, 5.41) is 0. The zero-order chi connectivity index (χ0) is 15.6. The van der Waals surface area contributed by atoms with Gasteiger partial charge in [-0.25, -0.2) is 9.37 Å². The molecule has 1 atom stereocenters. The Morgan fingerprint density at radius 1 is 1.59 bits per heavy atom. The SMILES string of the molecule is CCOCC(=O)N1CC2(CC(Oc3ncccc3F)CS2)C1. The summed E-state index contributed by atoms with van der Waals surface area (Å²) in [4.78, 5) is 17.6. The third-order valence-corrected chi connectivity index (χ3v) is 5.49. The molecule has 22 heavy (non-hydrogen) atoms. The Kier molecular flexibility index (Phi) is 4.54. The van der Waals surface area contributed by atoms with E-state index in [0.29, 0.717) is 19.7 Å². The molecule has 1 spiro atoms. The molecule has 1 aromatic rings. The Morgan fingerprint density at radius 2 is 2.41 bits per heavy atom. The van der Waals surface area contributed by atoms with Gasteiger partial charge in [0, 0.05) is 38.1 Å². The highest BCUT2D eigenvalue weighted by Gasteiger charge is 2.51. The third kappa shape index (κ3) is 3.20. The van der Waals surface area contributed by atoms with Gasteiger partial charge in [-0.15, -0.1) is 11.8 Å². The van der Waals surface area contributed by atoms with Gasteiger partial charge in [0.15, 0.2) is 5.82 Å². The van der Waals surface area contributed by atoms with Crippen molar-refractivity contribution >= 4 is 17.7 Å². The standard InChI is InChI=1S/C15H19FN2O3S/c1-2-20-7-13(19)18-9-15(10-18)6-11(8-22-15)21-14-12(16)4-3-5-17-14/h3-5,11H,2,6-10H2,1H3. The summed E-state index contributed by atoms with van der Waals surface area (Å²) in [6, 6.07) is 2.89. The number of pyridine rings is 1. The first-order valence-electron chi connectivity index (χ1n) is 7.38. The molecule has 0 radical (unpaired) electrons. The average Bonchev–Trinajstić information content (AvgIpc) is 2.90. The van der Waals surface area contributed by atoms with E-state index in [2.05, 4.69) is 4.98 Å². The molecular weight excluding hydrogens is 307 g/mol. The van der Waals surface area contributed by atoms with Crippen LogP contribution >= 0.6 is 11.8 Å². The van der Waals surface area contributed by atoms with E-state index in [1.54, 1.807) is 17.8 Å². The quantitative estimate of drug-likeness (QED) is 0.825. The number of halogens is 1. The number of hydrogen-bond donors (Lipinski definition) is 0. The fourth-order valence-corrected chi connectivity index (χ4v) is 4.34. The Hall–Kier alpha value is -1.34. The van der Waals surface area contributed by atoms with Crippen LogP contribution in [-0.2, 0) is 9.53 Å². The molecule has 2 aliphatic heterocycles. The number of aromatic nitrogens is 1. The van der Waals surface area contributed by atoms with Crippen LogP contribution in [0.5, 0.6) is 5.88 Å². The Morgan fingerprint density at radius 3 is 3.14 bits per heavy atom. The molecule has 7 heteroatoms. The number of thioether (sulfide) groups is 1. The Bertz CT molecular complexity index is 551. The van der Waals surface area contributed by atoms with E-state index in [1.807, 2.05) is 11.8 Å². The van der Waals surface area contributed by atoms with E-state index >= 15 is 0 Å². The summed E-state index contributed by atoms with van der Waals surface area (Å²) in [6.45, 7) is 4.00. The van der Waals surface area contributed by atoms with Crippen molar-refractivity contribution in [2.24, 2.45) is 0 Å². The van der Waals surface area contributed by atoms with Crippen LogP contribution in [0.1, 0.15) is 13.3 Å². The van der Waals surface area contributed by atoms with Gasteiger partial charge >= 0.3 is 0 Å². The number of ether oxygens (including phenoxy) is 2. The molecule has 0 aromatic carbocycles. The van der Waals surface area contributed by atoms with Gasteiger partial charge in [0.05, 0.1) is 4.75 Å². The molecular formula is C15H19FN2O3S. The maximum Gasteiger partial charge on any atom is 0.250 e. The maximum absolute atomic E-state index is 13.6. The van der Waals surface area contributed by atoms with Crippen molar-refractivity contribution in [2.75, 3.05) is 32.1 Å². The topological polar surface area (TPSA) is 51.7 Å². The van der Waals surface area contributed by atoms with Gasteiger partial charge in [-0.2, -0.15) is 0 Å². The van der Waals surface area contributed by atoms with E-state index in [1.165, 1.54) is 12.3 Å². The number of likely N-dealkylation sites (tertiary alicyclic amines) is 1. The molecule has 120 valence electrons. The molecule has 2 saturated heterocycles. The van der Waals surface area contributed by atoms with Crippen LogP contribution in [0.4, 0.5) is 4.39 Å². The van der Waals surface area contributed by atoms with Crippen molar-refractivity contribution in [3.05, 3.63) is 24.1 Å². The number of rotatable bonds is 5. The predicted octanol–water partition coefficient (Wildman–Crippen LogP) is 1.72. The number of carbonyl (C=O) groups is 1. The molecule has 2 fully saturated rings. The minimum Gasteiger partial charge on any atom is -0.471 e. The number of nitrogens with zero attached hydrogens (tertiary/aromatic N) is 2. The summed E-state index contributed by atoms with van der Waals surface area (Å²) in [7, 11) is 0. The number of carbonyl (C=O) groups excluding carboxylic acids is 1. The highest BCUT2D eigenvalue weighted by Crippen LogP contribution is 2.46. The van der Waals surface area contributed by atoms with Gasteiger partial charge in [0.25, 0.3) is 5.88 Å². The summed E-state index contributed by atoms with van der Waals surface area (Å²) in [5.74, 6) is 0.460. The lowest BCUT2D eigenvalue weighted by Gasteiger charge is -2.47. The van der Waals surface area contributed by atoms with Crippen LogP contribution in [0.2, 0.25) is 0 Å². The van der Waals surface area contributed by atoms with E-state index in [-0.39, 0.29) is 29.2 Å². The molecule has 0 N–H and O–H groups in total. The summed E-state index contributed by atoms with van der Waals surface area (Å²) < 4.78 is 24.4. The van der Waals surface area contributed by atoms with E-state index in [0.717, 1.165) is 12.2 Å². The van der Waals surface area contributed by atoms with Crippen LogP contribution in [0, 0.1) is 5.82 Å². The van der Waals surface area contributed by atoms with Crippen LogP contribution in [0.3, 0.4) is 0 Å². The van der Waals surface area contributed by atoms with E-state index in [9.17, 15) is 9.18 Å². The molecule has 0 bridgehead atoms. The lowest BCUT2D eigenvalue weighted by atomic mass is 9.93. The van der Waals surface area contributed by atoms with Crippen molar-refractivity contribution in [3.8, 4) is 5.88 Å². The Labute approximate surface area is 133 Å². The molecule has 0 aliphatic carbocycles. The van der Waals surface area contributed by atoms with Crippen molar-refractivity contribution in [1.82, 2.24) is 9.88 Å². The second-order valence-corrected chi connectivity index (χ2v) is 7.10. The van der Waals surface area contributed by atoms with Gasteiger partial charge in [0.1, 0.15) is 12.7 Å². The molecule has 5 nitrogen and oxygen atoms in total. The normalized spacial score (nSPS) is 22.6. The van der Waals surface area contributed by atoms with Gasteiger partial charge in [-0.05, 0) is 19.1 Å². The smallest absolute Gasteiger partial charge is 0.250 e. The monoisotopic (exact) mass is 326 g/mol. The summed E-state index contributed by atoms with van der Waals surface area (Å²) in [5.41, 5.74) is 0. The zero-order valence-corrected chi connectivity index (χ0v) is 13.3. The maximum atomic E-state index is 13.6. The largest absolute Gasteiger partial charge is 0.471 e. The zero-order valence-electron chi connectivity index (χ0n) is 12.5. The summed E-state index contributed by atoms with van der Waals surface area (Å²) in [6.07, 6.45) is 2.28. The molecule has 3 heterocycles. The van der Waals surface area contributed by atoms with Gasteiger partial charge in [-0.1, -0.05) is 0 Å². The second-order valence-electron chi connectivity index (χ2n) is 5.62. The minimum atomic E-state index is -0.435. The van der Waals surface area contributed by atoms with Crippen LogP contribution < -0.4 is 4.74 Å². The van der Waals surface area contributed by atoms with E-state index in [4.69, 9.17) is 9.47 Å². The Balaban J connectivity index is 1.50. The molecule has 1 unspecified atom stereocenters. The lowest BCUT2D eigenvalue weighted by molar-refractivity contribution is -0.141. The third-order valence-electron chi connectivity index (χ3n) is 3.92. The predicted molar refractivity (Wildman–Crippen MR) is 81.5 cm³/mol. The fourth-order valence-electron chi connectivity index (χ4n) is 2.82. The first-order valence-corrected chi connectivity index (χ1v) is 8.37. The average molecular weight is 326 g/mol. The van der Waals surface area contributed by atoms with Crippen molar-refractivity contribution in [1.29, 1.82) is 0 Å². The fraction of sp³-hybridized carbons (Fsp3) is 0.600. The van der Waals surface area contributed by atoms with Gasteiger partial charge < -0.3 is 14.4 Å². The summed E-state index contributed by atoms with van der Waals surface area (Å²) >= 11 is 1.80. The van der Waals surface area contributed by atoms with Crippen LogP contribution in [-0.4, -0.2) is 58.7 Å². The van der Waals surface area contributed by atoms with E-state index < -0.39 is 5.82 Å². The van der Waals surface area contributed by atoms with Crippen molar-refractivity contribution in [2.45, 2.75) is 24.2 Å². The number of amides is 1. The molecule has 3 rings (SSSR count). The van der Waals surface area contributed by atoms with Gasteiger partial charge in [-0.3, -0.25) is 4.79 Å². The highest BCUT2D eigenvalue weighted by atomic mass is 32.2. The highest BCUT2D eigenvalue weighted by molar-refractivity contribution is 8.01. The first-order chi connectivity index (χ1) is 10.6. The van der Waals surface area contributed by atoms with Crippen molar-refractivity contribution < 1.29 is 18.7 Å².